The molecule has 0 aliphatic carbocycles. The number of halogens is 1. The second kappa shape index (κ2) is 4.57. The molecule has 1 aliphatic rings. The Balaban J connectivity index is 2.18. The average molecular weight is 253 g/mol. The molecule has 0 bridgehead atoms. The lowest BCUT2D eigenvalue weighted by Crippen LogP contribution is -2.48. The maximum atomic E-state index is 13.2. The number of aliphatic hydroxyl groups is 1. The molecule has 0 aromatic heterocycles. The van der Waals surface area contributed by atoms with E-state index in [9.17, 15) is 14.3 Å². The number of piperidine rings is 1. The van der Waals surface area contributed by atoms with E-state index in [0.29, 0.717) is 13.0 Å². The summed E-state index contributed by atoms with van der Waals surface area (Å²) in [4.78, 5) is 13.6. The lowest BCUT2D eigenvalue weighted by Gasteiger charge is -2.36. The molecule has 4 nitrogen and oxygen atoms in total. The highest BCUT2D eigenvalue weighted by molar-refractivity contribution is 5.94. The number of nitrogens with zero attached hydrogens (tertiary/aromatic N) is 1. The first-order valence-corrected chi connectivity index (χ1v) is 5.89. The fourth-order valence-corrected chi connectivity index (χ4v) is 2.22. The van der Waals surface area contributed by atoms with Crippen LogP contribution in [0.2, 0.25) is 0 Å². The van der Waals surface area contributed by atoms with E-state index >= 15 is 0 Å². The quantitative estimate of drug-likeness (QED) is 0.797. The fourth-order valence-electron chi connectivity index (χ4n) is 2.22. The molecule has 2 N–H and O–H groups in total. The fraction of sp³-hybridized carbons (Fsp3) is 0.462. The highest BCUT2D eigenvalue weighted by Gasteiger charge is 2.31. The highest BCUT2D eigenvalue weighted by atomic mass is 19.1. The van der Waals surface area contributed by atoms with E-state index in [1.165, 1.54) is 11.0 Å². The Bertz CT molecular complexity index is 473. The van der Waals surface area contributed by atoms with Crippen molar-refractivity contribution in [3.63, 3.8) is 0 Å². The van der Waals surface area contributed by atoms with E-state index in [4.69, 9.17) is 5.11 Å². The van der Waals surface area contributed by atoms with E-state index in [-0.39, 0.29) is 18.0 Å². The minimum absolute atomic E-state index is 0.183. The van der Waals surface area contributed by atoms with Gasteiger partial charge >= 0.3 is 0 Å². The molecule has 1 fully saturated rings. The molecule has 0 saturated carbocycles. The van der Waals surface area contributed by atoms with Crippen molar-refractivity contribution in [2.75, 3.05) is 13.1 Å². The summed E-state index contributed by atoms with van der Waals surface area (Å²) in [6.45, 7) is 2.48. The van der Waals surface area contributed by atoms with Gasteiger partial charge in [-0.2, -0.15) is 0 Å². The van der Waals surface area contributed by atoms with Crippen LogP contribution in [0.3, 0.4) is 0 Å². The van der Waals surface area contributed by atoms with E-state index in [1.807, 2.05) is 0 Å². The van der Waals surface area contributed by atoms with Crippen LogP contribution in [0, 0.1) is 5.82 Å². The Hall–Kier alpha value is -1.62. The first kappa shape index (κ1) is 12.8. The van der Waals surface area contributed by atoms with Crippen LogP contribution in [0.5, 0.6) is 5.75 Å². The lowest BCUT2D eigenvalue weighted by atomic mass is 9.94. The zero-order valence-corrected chi connectivity index (χ0v) is 10.2. The predicted octanol–water partition coefficient (Wildman–Crippen LogP) is 1.52. The molecule has 98 valence electrons. The number of benzene rings is 1. The van der Waals surface area contributed by atoms with Crippen molar-refractivity contribution in [3.05, 3.63) is 29.6 Å². The van der Waals surface area contributed by atoms with Crippen molar-refractivity contribution in [2.45, 2.75) is 25.4 Å². The Morgan fingerprint density at radius 3 is 2.83 bits per heavy atom. The van der Waals surface area contributed by atoms with E-state index < -0.39 is 17.2 Å². The summed E-state index contributed by atoms with van der Waals surface area (Å²) >= 11 is 0. The molecule has 1 aromatic rings. The number of likely N-dealkylation sites (tertiary alicyclic amines) is 1. The molecule has 18 heavy (non-hydrogen) atoms. The van der Waals surface area contributed by atoms with Crippen molar-refractivity contribution in [1.29, 1.82) is 0 Å². The number of β-amino-alcohol motifs (C(OH)–C–C–N with tert-alkyl or cyclic N) is 1. The molecule has 1 unspecified atom stereocenters. The van der Waals surface area contributed by atoms with Gasteiger partial charge in [0.05, 0.1) is 5.60 Å². The van der Waals surface area contributed by atoms with Gasteiger partial charge in [0.1, 0.15) is 0 Å². The summed E-state index contributed by atoms with van der Waals surface area (Å²) in [5, 5.41) is 19.0. The number of rotatable bonds is 1. The first-order valence-electron chi connectivity index (χ1n) is 5.89. The van der Waals surface area contributed by atoms with Crippen molar-refractivity contribution in [2.24, 2.45) is 0 Å². The Kier molecular flexibility index (Phi) is 3.26. The summed E-state index contributed by atoms with van der Waals surface area (Å²) in [7, 11) is 0. The summed E-state index contributed by atoms with van der Waals surface area (Å²) in [5.41, 5.74) is -0.702. The summed E-state index contributed by atoms with van der Waals surface area (Å²) in [6, 6.07) is 3.55. The van der Waals surface area contributed by atoms with Crippen LogP contribution >= 0.6 is 0 Å². The van der Waals surface area contributed by atoms with Crippen LogP contribution in [0.1, 0.15) is 30.1 Å². The van der Waals surface area contributed by atoms with Crippen molar-refractivity contribution in [1.82, 2.24) is 4.90 Å². The van der Waals surface area contributed by atoms with E-state index in [1.54, 1.807) is 6.92 Å². The third-order valence-corrected chi connectivity index (χ3v) is 3.16. The summed E-state index contributed by atoms with van der Waals surface area (Å²) in [6.07, 6.45) is 1.38. The SMILES string of the molecule is CC1(O)CCCN(C(=O)c2ccc(O)c(F)c2)C1. The van der Waals surface area contributed by atoms with Gasteiger partial charge in [-0.3, -0.25) is 4.79 Å². The Labute approximate surface area is 105 Å². The molecule has 1 aliphatic heterocycles. The normalized spacial score (nSPS) is 24.1. The van der Waals surface area contributed by atoms with Gasteiger partial charge in [0.25, 0.3) is 5.91 Å². The maximum Gasteiger partial charge on any atom is 0.254 e. The number of hydrogen-bond donors (Lipinski definition) is 2. The zero-order valence-electron chi connectivity index (χ0n) is 10.2. The van der Waals surface area contributed by atoms with Crippen LogP contribution < -0.4 is 0 Å². The minimum atomic E-state index is -0.886. The predicted molar refractivity (Wildman–Crippen MR) is 63.8 cm³/mol. The number of carbonyl (C=O) groups excluding carboxylic acids is 1. The first-order chi connectivity index (χ1) is 8.39. The van der Waals surface area contributed by atoms with Crippen LogP contribution in [0.15, 0.2) is 18.2 Å². The molecule has 1 amide bonds. The molecule has 5 heteroatoms. The number of phenols is 1. The largest absolute Gasteiger partial charge is 0.505 e. The van der Waals surface area contributed by atoms with Gasteiger partial charge in [0, 0.05) is 18.7 Å². The molecular formula is C13H16FNO3. The van der Waals surface area contributed by atoms with Crippen LogP contribution in [0.25, 0.3) is 0 Å². The Morgan fingerprint density at radius 2 is 2.22 bits per heavy atom. The molecule has 1 saturated heterocycles. The van der Waals surface area contributed by atoms with Crippen molar-refractivity contribution < 1.29 is 19.4 Å². The number of hydrogen-bond acceptors (Lipinski definition) is 3. The third-order valence-electron chi connectivity index (χ3n) is 3.16. The molecule has 1 aromatic carbocycles. The monoisotopic (exact) mass is 253 g/mol. The van der Waals surface area contributed by atoms with Crippen LogP contribution in [-0.2, 0) is 0 Å². The summed E-state index contributed by atoms with van der Waals surface area (Å²) in [5.74, 6) is -1.62. The number of amides is 1. The van der Waals surface area contributed by atoms with E-state index in [2.05, 4.69) is 0 Å². The van der Waals surface area contributed by atoms with Gasteiger partial charge in [-0.25, -0.2) is 4.39 Å². The molecule has 2 rings (SSSR count). The molecule has 1 atom stereocenters. The molecule has 0 radical (unpaired) electrons. The van der Waals surface area contributed by atoms with Gasteiger partial charge < -0.3 is 15.1 Å². The third kappa shape index (κ3) is 2.61. The van der Waals surface area contributed by atoms with E-state index in [0.717, 1.165) is 18.6 Å². The van der Waals surface area contributed by atoms with Gasteiger partial charge in [-0.15, -0.1) is 0 Å². The minimum Gasteiger partial charge on any atom is -0.505 e. The van der Waals surface area contributed by atoms with Crippen molar-refractivity contribution >= 4 is 5.91 Å². The van der Waals surface area contributed by atoms with Crippen molar-refractivity contribution in [3.8, 4) is 5.75 Å². The molecule has 0 spiro atoms. The van der Waals surface area contributed by atoms with Gasteiger partial charge in [-0.1, -0.05) is 0 Å². The number of carbonyl (C=O) groups is 1. The second-order valence-electron chi connectivity index (χ2n) is 4.99. The van der Waals surface area contributed by atoms with Crippen LogP contribution in [-0.4, -0.2) is 39.7 Å². The second-order valence-corrected chi connectivity index (χ2v) is 4.99. The summed E-state index contributed by atoms with van der Waals surface area (Å²) < 4.78 is 13.2. The van der Waals surface area contributed by atoms with Crippen LogP contribution in [0.4, 0.5) is 4.39 Å². The highest BCUT2D eigenvalue weighted by Crippen LogP contribution is 2.23. The Morgan fingerprint density at radius 1 is 1.50 bits per heavy atom. The maximum absolute atomic E-state index is 13.2. The van der Waals surface area contributed by atoms with Gasteiger partial charge in [0.2, 0.25) is 0 Å². The molecule has 1 heterocycles. The molecular weight excluding hydrogens is 237 g/mol. The van der Waals surface area contributed by atoms with Gasteiger partial charge in [0.15, 0.2) is 11.6 Å². The topological polar surface area (TPSA) is 60.8 Å². The zero-order chi connectivity index (χ0) is 13.3. The van der Waals surface area contributed by atoms with Gasteiger partial charge in [-0.05, 0) is 38.0 Å². The lowest BCUT2D eigenvalue weighted by molar-refractivity contribution is -0.0107. The number of phenolic OH excluding ortho intramolecular Hbond substituents is 1. The number of aromatic hydroxyl groups is 1. The standard InChI is InChI=1S/C13H16FNO3/c1-13(18)5-2-6-15(8-13)12(17)9-3-4-11(16)10(14)7-9/h3-4,7,16,18H,2,5-6,8H2,1H3. The smallest absolute Gasteiger partial charge is 0.254 e. The average Bonchev–Trinajstić information content (AvgIpc) is 2.30.